The van der Waals surface area contributed by atoms with E-state index in [2.05, 4.69) is 0 Å². The van der Waals surface area contributed by atoms with Crippen molar-refractivity contribution in [3.8, 4) is 11.4 Å². The summed E-state index contributed by atoms with van der Waals surface area (Å²) in [6.45, 7) is -0.0383. The zero-order valence-corrected chi connectivity index (χ0v) is 9.29. The van der Waals surface area contributed by atoms with E-state index in [9.17, 15) is 10.0 Å². The second kappa shape index (κ2) is 3.95. The Morgan fingerprint density at radius 2 is 2.22 bits per heavy atom. The second-order valence-corrected chi connectivity index (χ2v) is 3.96. The van der Waals surface area contributed by atoms with Crippen LogP contribution in [0.4, 0.5) is 5.69 Å². The molecule has 6 heteroatoms. The number of fused-ring (bicyclic) bond motifs is 3. The number of carbonyl (C=O) groups excluding carboxylic acids is 1. The smallest absolute Gasteiger partial charge is 0.216 e. The second-order valence-electron chi connectivity index (χ2n) is 3.96. The van der Waals surface area contributed by atoms with Gasteiger partial charge in [0.05, 0.1) is 11.4 Å². The summed E-state index contributed by atoms with van der Waals surface area (Å²) in [5, 5.41) is 18.9. The molecule has 0 amide bonds. The summed E-state index contributed by atoms with van der Waals surface area (Å²) >= 11 is 0. The minimum Gasteiger partial charge on any atom is -0.595 e. The molecule has 6 nitrogen and oxygen atoms in total. The summed E-state index contributed by atoms with van der Waals surface area (Å²) in [5.74, 6) is 0.372. The van der Waals surface area contributed by atoms with Crippen molar-refractivity contribution < 1.29 is 20.0 Å². The van der Waals surface area contributed by atoms with Crippen molar-refractivity contribution in [3.63, 3.8) is 0 Å². The van der Waals surface area contributed by atoms with Crippen LogP contribution in [0.25, 0.3) is 5.69 Å². The van der Waals surface area contributed by atoms with Gasteiger partial charge >= 0.3 is 0 Å². The fourth-order valence-electron chi connectivity index (χ4n) is 2.00. The molecule has 92 valence electrons. The molecule has 3 rings (SSSR count). The van der Waals surface area contributed by atoms with Gasteiger partial charge in [-0.3, -0.25) is 4.79 Å². The molecule has 1 aliphatic rings. The van der Waals surface area contributed by atoms with Crippen molar-refractivity contribution in [2.45, 2.75) is 0 Å². The van der Waals surface area contributed by atoms with Crippen molar-refractivity contribution in [2.24, 2.45) is 0 Å². The van der Waals surface area contributed by atoms with Crippen molar-refractivity contribution in [1.29, 1.82) is 0 Å². The number of aromatic nitrogens is 1. The van der Waals surface area contributed by atoms with E-state index in [1.165, 1.54) is 12.1 Å². The molecule has 1 aromatic heterocycles. The molecule has 2 aromatic rings. The monoisotopic (exact) mass is 246 g/mol. The van der Waals surface area contributed by atoms with Crippen LogP contribution in [-0.4, -0.2) is 22.2 Å². The van der Waals surface area contributed by atoms with E-state index in [1.807, 2.05) is 0 Å². The molecule has 1 unspecified atom stereocenters. The summed E-state index contributed by atoms with van der Waals surface area (Å²) < 4.78 is 7.02. The molecule has 1 aliphatic heterocycles. The van der Waals surface area contributed by atoms with Crippen LogP contribution >= 0.6 is 0 Å². The maximum atomic E-state index is 11.8. The van der Waals surface area contributed by atoms with Gasteiger partial charge in [0.1, 0.15) is 5.75 Å². The molecule has 0 spiro atoms. The summed E-state index contributed by atoms with van der Waals surface area (Å²) in [4.78, 5) is 11.8. The lowest BCUT2D eigenvalue weighted by atomic mass is 10.2. The number of ether oxygens (including phenoxy) is 1. The highest BCUT2D eigenvalue weighted by Crippen LogP contribution is 2.29. The van der Waals surface area contributed by atoms with E-state index in [0.717, 1.165) is 0 Å². The first-order valence-electron chi connectivity index (χ1n) is 5.38. The maximum absolute atomic E-state index is 11.8. The number of carbonyl (C=O) groups is 1. The largest absolute Gasteiger partial charge is 0.595 e. The van der Waals surface area contributed by atoms with Gasteiger partial charge in [-0.2, -0.15) is 5.23 Å². The van der Waals surface area contributed by atoms with Crippen LogP contribution in [0.3, 0.4) is 0 Å². The summed E-state index contributed by atoms with van der Waals surface area (Å²) in [6.07, 6.45) is 1.71. The zero-order valence-electron chi connectivity index (χ0n) is 9.29. The number of rotatable bonds is 1. The molecular formula is C12H10N2O4. The molecule has 18 heavy (non-hydrogen) atoms. The van der Waals surface area contributed by atoms with Crippen LogP contribution in [0.5, 0.6) is 5.75 Å². The Labute approximate surface area is 102 Å². The Morgan fingerprint density at radius 3 is 3.00 bits per heavy atom. The topological polar surface area (TPSA) is 79.0 Å². The Hall–Kier alpha value is -2.15. The highest BCUT2D eigenvalue weighted by molar-refractivity contribution is 5.97. The Morgan fingerprint density at radius 1 is 1.39 bits per heavy atom. The highest BCUT2D eigenvalue weighted by Gasteiger charge is 2.21. The molecule has 2 N–H and O–H groups in total. The van der Waals surface area contributed by atoms with Crippen LogP contribution in [-0.2, 0) is 0 Å². The van der Waals surface area contributed by atoms with Gasteiger partial charge in [-0.25, -0.2) is 5.21 Å². The molecule has 0 saturated heterocycles. The van der Waals surface area contributed by atoms with Crippen molar-refractivity contribution in [3.05, 3.63) is 47.4 Å². The number of hydrogen-bond donors (Lipinski definition) is 2. The van der Waals surface area contributed by atoms with E-state index in [0.29, 0.717) is 17.1 Å². The predicted octanol–water partition coefficient (Wildman–Crippen LogP) is 0.456. The van der Waals surface area contributed by atoms with E-state index in [1.54, 1.807) is 29.0 Å². The third kappa shape index (κ3) is 1.60. The maximum Gasteiger partial charge on any atom is 0.216 e. The minimum atomic E-state index is -1.01. The highest BCUT2D eigenvalue weighted by atomic mass is 16.8. The third-order valence-electron chi connectivity index (χ3n) is 2.86. The fraction of sp³-hybridized carbons (Fsp3) is 0.0833. The van der Waals surface area contributed by atoms with Crippen LogP contribution < -0.4 is 9.96 Å². The fourth-order valence-corrected chi connectivity index (χ4v) is 2.00. The summed E-state index contributed by atoms with van der Waals surface area (Å²) in [6, 6.07) is 7.96. The van der Waals surface area contributed by atoms with Gasteiger partial charge in [0.2, 0.25) is 5.78 Å². The number of hydrogen-bond acceptors (Lipinski definition) is 4. The number of ketones is 1. The average molecular weight is 246 g/mol. The molecule has 1 aromatic carbocycles. The van der Waals surface area contributed by atoms with Crippen molar-refractivity contribution >= 4 is 11.5 Å². The van der Waals surface area contributed by atoms with Gasteiger partial charge in [-0.1, -0.05) is 0 Å². The number of nitrogens with one attached hydrogen (secondary N) is 1. The first-order valence-corrected chi connectivity index (χ1v) is 5.38. The van der Waals surface area contributed by atoms with E-state index in [4.69, 9.17) is 9.94 Å². The van der Waals surface area contributed by atoms with Crippen LogP contribution in [0.15, 0.2) is 36.5 Å². The normalized spacial score (nSPS) is 15.3. The number of nitrogens with zero attached hydrogens (tertiary/aromatic N) is 1. The molecule has 0 saturated carbocycles. The van der Waals surface area contributed by atoms with Crippen LogP contribution in [0.2, 0.25) is 0 Å². The summed E-state index contributed by atoms with van der Waals surface area (Å²) in [5.41, 5.74) is 1.23. The number of benzene rings is 1. The van der Waals surface area contributed by atoms with E-state index in [-0.39, 0.29) is 18.1 Å². The third-order valence-corrected chi connectivity index (χ3v) is 2.86. The van der Waals surface area contributed by atoms with Gasteiger partial charge in [0.15, 0.2) is 12.3 Å². The number of Topliss-reactive ketones (excluding diaryl/α,β-unsaturated/α-hetero) is 1. The van der Waals surface area contributed by atoms with E-state index < -0.39 is 5.23 Å². The Balaban J connectivity index is 2.22. The lowest BCUT2D eigenvalue weighted by molar-refractivity contribution is -0.991. The molecular weight excluding hydrogens is 236 g/mol. The lowest BCUT2D eigenvalue weighted by Crippen LogP contribution is -2.99. The first kappa shape index (κ1) is 11.0. The Bertz CT molecular complexity index is 618. The summed E-state index contributed by atoms with van der Waals surface area (Å²) in [7, 11) is 0. The minimum absolute atomic E-state index is 0.0383. The van der Waals surface area contributed by atoms with Gasteiger partial charge in [0.25, 0.3) is 0 Å². The predicted molar refractivity (Wildman–Crippen MR) is 61.4 cm³/mol. The molecule has 0 aliphatic carbocycles. The zero-order chi connectivity index (χ0) is 12.7. The lowest BCUT2D eigenvalue weighted by Gasteiger charge is -2.14. The Kier molecular flexibility index (Phi) is 2.41. The molecule has 1 atom stereocenters. The van der Waals surface area contributed by atoms with Gasteiger partial charge in [0, 0.05) is 18.3 Å². The van der Waals surface area contributed by atoms with Crippen molar-refractivity contribution in [2.75, 3.05) is 6.61 Å². The average Bonchev–Trinajstić information content (AvgIpc) is 2.80. The quantitative estimate of drug-likeness (QED) is 0.716. The van der Waals surface area contributed by atoms with Crippen LogP contribution in [0.1, 0.15) is 10.5 Å². The van der Waals surface area contributed by atoms with Gasteiger partial charge in [-0.05, 0) is 18.2 Å². The molecule has 0 fully saturated rings. The number of quaternary nitrogens is 1. The van der Waals surface area contributed by atoms with Gasteiger partial charge in [-0.15, -0.1) is 0 Å². The van der Waals surface area contributed by atoms with Crippen molar-refractivity contribution in [1.82, 2.24) is 4.57 Å². The SMILES string of the molecule is O=C1COc2ccc([NH+]([O-])O)cc2-n2cccc21. The molecule has 0 radical (unpaired) electrons. The first-order chi connectivity index (χ1) is 8.66. The molecule has 0 bridgehead atoms. The van der Waals surface area contributed by atoms with Gasteiger partial charge < -0.3 is 14.5 Å². The van der Waals surface area contributed by atoms with Crippen LogP contribution in [0, 0.1) is 5.21 Å². The standard InChI is InChI=1S/C12H10N2O4/c15-11-7-18-12-4-3-8(14(16)17)6-10(12)13-5-1-2-9(11)13/h1-6,14,16H,7H2. The van der Waals surface area contributed by atoms with E-state index >= 15 is 0 Å². The molecule has 2 heterocycles.